The Morgan fingerprint density at radius 2 is 2.20 bits per heavy atom. The summed E-state index contributed by atoms with van der Waals surface area (Å²) in [6.45, 7) is 1.60. The molecule has 0 aliphatic heterocycles. The number of aliphatic hydroxyl groups excluding tert-OH is 1. The first-order valence-corrected chi connectivity index (χ1v) is 3.17. The van der Waals surface area contributed by atoms with E-state index in [1.807, 2.05) is 0 Å². The topological polar surface area (TPSA) is 60.8 Å². The van der Waals surface area contributed by atoms with E-state index in [2.05, 4.69) is 0 Å². The Balaban J connectivity index is 3.40. The minimum Gasteiger partial charge on any atom is -0.393 e. The molecular formula is C6H13NO3. The maximum atomic E-state index is 10.6. The van der Waals surface area contributed by atoms with Crippen LogP contribution < -0.4 is 0 Å². The lowest BCUT2D eigenvalue weighted by Gasteiger charge is -2.08. The number of hydrogen-bond acceptors (Lipinski definition) is 3. The first-order chi connectivity index (χ1) is 4.54. The molecule has 0 rings (SSSR count). The highest BCUT2D eigenvalue weighted by atomic mass is 16.5. The zero-order chi connectivity index (χ0) is 8.15. The highest BCUT2D eigenvalue weighted by Gasteiger charge is 2.06. The SMILES string of the molecule is CC(O)CCC(=O)N(C)O. The predicted molar refractivity (Wildman–Crippen MR) is 35.5 cm³/mol. The van der Waals surface area contributed by atoms with Gasteiger partial charge < -0.3 is 5.11 Å². The fourth-order valence-electron chi connectivity index (χ4n) is 0.494. The van der Waals surface area contributed by atoms with E-state index in [-0.39, 0.29) is 12.3 Å². The number of amides is 1. The molecule has 1 amide bonds. The van der Waals surface area contributed by atoms with Gasteiger partial charge in [0, 0.05) is 13.5 Å². The van der Waals surface area contributed by atoms with E-state index in [4.69, 9.17) is 10.3 Å². The molecular weight excluding hydrogens is 134 g/mol. The first-order valence-electron chi connectivity index (χ1n) is 3.17. The summed E-state index contributed by atoms with van der Waals surface area (Å²) in [7, 11) is 1.27. The van der Waals surface area contributed by atoms with E-state index >= 15 is 0 Å². The van der Waals surface area contributed by atoms with Gasteiger partial charge >= 0.3 is 0 Å². The lowest BCUT2D eigenvalue weighted by molar-refractivity contribution is -0.159. The van der Waals surface area contributed by atoms with Crippen molar-refractivity contribution < 1.29 is 15.1 Å². The highest BCUT2D eigenvalue weighted by molar-refractivity contribution is 5.74. The van der Waals surface area contributed by atoms with E-state index in [0.29, 0.717) is 11.5 Å². The highest BCUT2D eigenvalue weighted by Crippen LogP contribution is 1.97. The van der Waals surface area contributed by atoms with Crippen LogP contribution in [-0.2, 0) is 4.79 Å². The molecule has 2 N–H and O–H groups in total. The van der Waals surface area contributed by atoms with Crippen molar-refractivity contribution in [3.8, 4) is 0 Å². The molecule has 0 aliphatic rings. The minimum atomic E-state index is -0.483. The summed E-state index contributed by atoms with van der Waals surface area (Å²) < 4.78 is 0. The Labute approximate surface area is 60.0 Å². The molecule has 0 saturated heterocycles. The van der Waals surface area contributed by atoms with Crippen LogP contribution in [0.3, 0.4) is 0 Å². The summed E-state index contributed by atoms with van der Waals surface area (Å²) in [6, 6.07) is 0. The molecule has 0 aliphatic carbocycles. The molecule has 1 atom stereocenters. The number of hydroxylamine groups is 2. The lowest BCUT2D eigenvalue weighted by atomic mass is 10.2. The summed E-state index contributed by atoms with van der Waals surface area (Å²) in [6.07, 6.45) is 0.0953. The maximum Gasteiger partial charge on any atom is 0.245 e. The Morgan fingerprint density at radius 1 is 1.70 bits per heavy atom. The summed E-state index contributed by atoms with van der Waals surface area (Å²) >= 11 is 0. The summed E-state index contributed by atoms with van der Waals surface area (Å²) in [5, 5.41) is 17.8. The van der Waals surface area contributed by atoms with Gasteiger partial charge in [0.1, 0.15) is 0 Å². The molecule has 0 aromatic carbocycles. The van der Waals surface area contributed by atoms with Gasteiger partial charge in [-0.05, 0) is 13.3 Å². The van der Waals surface area contributed by atoms with Crippen molar-refractivity contribution in [2.45, 2.75) is 25.9 Å². The normalized spacial score (nSPS) is 12.8. The number of hydrogen-bond donors (Lipinski definition) is 2. The fraction of sp³-hybridized carbons (Fsp3) is 0.833. The Morgan fingerprint density at radius 3 is 2.50 bits per heavy atom. The van der Waals surface area contributed by atoms with Crippen molar-refractivity contribution in [1.29, 1.82) is 0 Å². The smallest absolute Gasteiger partial charge is 0.245 e. The van der Waals surface area contributed by atoms with Gasteiger partial charge in [0.25, 0.3) is 0 Å². The van der Waals surface area contributed by atoms with Crippen molar-refractivity contribution >= 4 is 5.91 Å². The van der Waals surface area contributed by atoms with Crippen LogP contribution >= 0.6 is 0 Å². The monoisotopic (exact) mass is 147 g/mol. The van der Waals surface area contributed by atoms with Gasteiger partial charge in [-0.2, -0.15) is 0 Å². The van der Waals surface area contributed by atoms with Crippen LogP contribution in [0.25, 0.3) is 0 Å². The van der Waals surface area contributed by atoms with E-state index < -0.39 is 6.10 Å². The molecule has 60 valence electrons. The van der Waals surface area contributed by atoms with Gasteiger partial charge in [-0.1, -0.05) is 0 Å². The van der Waals surface area contributed by atoms with Gasteiger partial charge in [-0.15, -0.1) is 0 Å². The average molecular weight is 147 g/mol. The minimum absolute atomic E-state index is 0.185. The van der Waals surface area contributed by atoms with Crippen LogP contribution in [0.1, 0.15) is 19.8 Å². The van der Waals surface area contributed by atoms with Gasteiger partial charge in [-0.3, -0.25) is 10.0 Å². The molecule has 4 heteroatoms. The number of carbonyl (C=O) groups excluding carboxylic acids is 1. The molecule has 10 heavy (non-hydrogen) atoms. The first kappa shape index (κ1) is 9.39. The van der Waals surface area contributed by atoms with Gasteiger partial charge in [0.2, 0.25) is 5.91 Å². The standard InChI is InChI=1S/C6H13NO3/c1-5(8)3-4-6(9)7(2)10/h5,8,10H,3-4H2,1-2H3. The number of nitrogens with zero attached hydrogens (tertiary/aromatic N) is 1. The third-order valence-electron chi connectivity index (χ3n) is 1.14. The van der Waals surface area contributed by atoms with Crippen LogP contribution in [0.5, 0.6) is 0 Å². The molecule has 0 saturated carbocycles. The third-order valence-corrected chi connectivity index (χ3v) is 1.14. The molecule has 0 aromatic heterocycles. The molecule has 4 nitrogen and oxygen atoms in total. The summed E-state index contributed by atoms with van der Waals surface area (Å²) in [5.41, 5.74) is 0. The molecule has 0 aromatic rings. The van der Waals surface area contributed by atoms with E-state index in [0.717, 1.165) is 0 Å². The van der Waals surface area contributed by atoms with Crippen LogP contribution in [0.2, 0.25) is 0 Å². The number of carbonyl (C=O) groups is 1. The molecule has 0 bridgehead atoms. The maximum absolute atomic E-state index is 10.6. The fourth-order valence-corrected chi connectivity index (χ4v) is 0.494. The molecule has 0 radical (unpaired) electrons. The number of rotatable bonds is 3. The molecule has 0 spiro atoms. The van der Waals surface area contributed by atoms with Crippen molar-refractivity contribution in [3.05, 3.63) is 0 Å². The summed E-state index contributed by atoms with van der Waals surface area (Å²) in [4.78, 5) is 10.6. The Bertz CT molecular complexity index is 112. The summed E-state index contributed by atoms with van der Waals surface area (Å²) in [5.74, 6) is -0.374. The van der Waals surface area contributed by atoms with Crippen molar-refractivity contribution in [2.24, 2.45) is 0 Å². The van der Waals surface area contributed by atoms with Crippen LogP contribution in [0.4, 0.5) is 0 Å². The zero-order valence-corrected chi connectivity index (χ0v) is 6.24. The van der Waals surface area contributed by atoms with Crippen LogP contribution in [-0.4, -0.2) is 34.4 Å². The zero-order valence-electron chi connectivity index (χ0n) is 6.24. The molecule has 0 fully saturated rings. The van der Waals surface area contributed by atoms with E-state index in [1.54, 1.807) is 6.92 Å². The Kier molecular flexibility index (Phi) is 3.99. The van der Waals surface area contributed by atoms with Gasteiger partial charge in [0.05, 0.1) is 6.10 Å². The lowest BCUT2D eigenvalue weighted by Crippen LogP contribution is -2.23. The van der Waals surface area contributed by atoms with Crippen LogP contribution in [0, 0.1) is 0 Å². The third kappa shape index (κ3) is 4.29. The van der Waals surface area contributed by atoms with Gasteiger partial charge in [-0.25, -0.2) is 5.06 Å². The van der Waals surface area contributed by atoms with Crippen LogP contribution in [0.15, 0.2) is 0 Å². The predicted octanol–water partition coefficient (Wildman–Crippen LogP) is -0.00500. The second kappa shape index (κ2) is 4.24. The molecule has 0 heterocycles. The van der Waals surface area contributed by atoms with Crippen molar-refractivity contribution in [2.75, 3.05) is 7.05 Å². The second-order valence-electron chi connectivity index (χ2n) is 2.31. The Hall–Kier alpha value is -0.610. The van der Waals surface area contributed by atoms with Crippen molar-refractivity contribution in [1.82, 2.24) is 5.06 Å². The average Bonchev–Trinajstić information content (AvgIpc) is 1.82. The van der Waals surface area contributed by atoms with Gasteiger partial charge in [0.15, 0.2) is 0 Å². The van der Waals surface area contributed by atoms with E-state index in [9.17, 15) is 4.79 Å². The quantitative estimate of drug-likeness (QED) is 0.436. The number of aliphatic hydroxyl groups is 1. The van der Waals surface area contributed by atoms with Crippen molar-refractivity contribution in [3.63, 3.8) is 0 Å². The van der Waals surface area contributed by atoms with E-state index in [1.165, 1.54) is 7.05 Å². The largest absolute Gasteiger partial charge is 0.393 e. The second-order valence-corrected chi connectivity index (χ2v) is 2.31. The molecule has 1 unspecified atom stereocenters.